The third-order valence-corrected chi connectivity index (χ3v) is 4.13. The van der Waals surface area contributed by atoms with Gasteiger partial charge in [0.2, 0.25) is 5.91 Å². The van der Waals surface area contributed by atoms with Crippen molar-refractivity contribution in [1.29, 1.82) is 0 Å². The molecule has 0 unspecified atom stereocenters. The van der Waals surface area contributed by atoms with Crippen LogP contribution in [0.15, 0.2) is 72.8 Å². The summed E-state index contributed by atoms with van der Waals surface area (Å²) < 4.78 is 0. The third-order valence-electron chi connectivity index (χ3n) is 4.13. The fourth-order valence-corrected chi connectivity index (χ4v) is 2.97. The zero-order chi connectivity index (χ0) is 15.4. The Kier molecular flexibility index (Phi) is 4.19. The molecule has 0 aromatic heterocycles. The van der Waals surface area contributed by atoms with E-state index in [-0.39, 0.29) is 11.8 Å². The second kappa shape index (κ2) is 6.44. The highest BCUT2D eigenvalue weighted by molar-refractivity contribution is 5.86. The van der Waals surface area contributed by atoms with E-state index in [1.165, 1.54) is 16.3 Å². The van der Waals surface area contributed by atoms with Gasteiger partial charge in [-0.15, -0.1) is 0 Å². The van der Waals surface area contributed by atoms with Crippen molar-refractivity contribution in [1.82, 2.24) is 0 Å². The van der Waals surface area contributed by atoms with Gasteiger partial charge in [-0.2, -0.15) is 0 Å². The standard InChI is InChI=1S/C20H19NO/c21-20(22)19(16-7-2-1-3-8-16)14-13-17-11-6-10-15-9-4-5-12-18(15)17/h1-12,19H,13-14H2,(H2,21,22)/t19-/m0/s1. The van der Waals surface area contributed by atoms with Gasteiger partial charge in [0, 0.05) is 0 Å². The zero-order valence-corrected chi connectivity index (χ0v) is 12.4. The lowest BCUT2D eigenvalue weighted by molar-refractivity contribution is -0.119. The number of carbonyl (C=O) groups is 1. The molecule has 3 aromatic rings. The fraction of sp³-hybridized carbons (Fsp3) is 0.150. The average molecular weight is 289 g/mol. The molecule has 0 heterocycles. The SMILES string of the molecule is NC(=O)[C@@H](CCc1cccc2ccccc12)c1ccccc1. The molecular weight excluding hydrogens is 270 g/mol. The van der Waals surface area contributed by atoms with E-state index in [1.807, 2.05) is 36.4 Å². The predicted octanol–water partition coefficient (Wildman–Crippen LogP) is 4.04. The Morgan fingerprint density at radius 2 is 1.55 bits per heavy atom. The van der Waals surface area contributed by atoms with Crippen LogP contribution in [0.25, 0.3) is 10.8 Å². The van der Waals surface area contributed by atoms with Gasteiger partial charge in [0.15, 0.2) is 0 Å². The van der Waals surface area contributed by atoms with Gasteiger partial charge in [-0.05, 0) is 34.7 Å². The van der Waals surface area contributed by atoms with Gasteiger partial charge in [-0.1, -0.05) is 72.8 Å². The summed E-state index contributed by atoms with van der Waals surface area (Å²) in [6, 6.07) is 24.4. The number of nitrogens with two attached hydrogens (primary N) is 1. The molecule has 1 atom stereocenters. The largest absolute Gasteiger partial charge is 0.369 e. The number of hydrogen-bond donors (Lipinski definition) is 1. The van der Waals surface area contributed by atoms with Gasteiger partial charge in [0.25, 0.3) is 0 Å². The molecule has 0 bridgehead atoms. The fourth-order valence-electron chi connectivity index (χ4n) is 2.97. The quantitative estimate of drug-likeness (QED) is 0.756. The van der Waals surface area contributed by atoms with E-state index in [4.69, 9.17) is 5.73 Å². The molecule has 0 saturated heterocycles. The van der Waals surface area contributed by atoms with Gasteiger partial charge in [0.1, 0.15) is 0 Å². The second-order valence-corrected chi connectivity index (χ2v) is 5.54. The van der Waals surface area contributed by atoms with Gasteiger partial charge in [0.05, 0.1) is 5.92 Å². The van der Waals surface area contributed by atoms with Crippen molar-refractivity contribution in [3.8, 4) is 0 Å². The number of rotatable bonds is 5. The number of fused-ring (bicyclic) bond motifs is 1. The van der Waals surface area contributed by atoms with Crippen molar-refractivity contribution in [2.75, 3.05) is 0 Å². The third kappa shape index (κ3) is 3.01. The molecule has 1 amide bonds. The Hall–Kier alpha value is -2.61. The first-order valence-electron chi connectivity index (χ1n) is 7.56. The average Bonchev–Trinajstić information content (AvgIpc) is 2.56. The molecule has 0 fully saturated rings. The van der Waals surface area contributed by atoms with Crippen molar-refractivity contribution in [3.63, 3.8) is 0 Å². The summed E-state index contributed by atoms with van der Waals surface area (Å²) >= 11 is 0. The van der Waals surface area contributed by atoms with E-state index < -0.39 is 0 Å². The van der Waals surface area contributed by atoms with Crippen LogP contribution in [0.3, 0.4) is 0 Å². The Morgan fingerprint density at radius 1 is 0.864 bits per heavy atom. The van der Waals surface area contributed by atoms with Crippen LogP contribution in [0.4, 0.5) is 0 Å². The van der Waals surface area contributed by atoms with Crippen LogP contribution in [-0.4, -0.2) is 5.91 Å². The van der Waals surface area contributed by atoms with Gasteiger partial charge < -0.3 is 5.73 Å². The molecule has 0 aliphatic rings. The molecule has 2 nitrogen and oxygen atoms in total. The van der Waals surface area contributed by atoms with E-state index in [0.29, 0.717) is 0 Å². The monoisotopic (exact) mass is 289 g/mol. The van der Waals surface area contributed by atoms with Gasteiger partial charge >= 0.3 is 0 Å². The highest BCUT2D eigenvalue weighted by Gasteiger charge is 2.17. The number of benzene rings is 3. The Labute approximate surface area is 130 Å². The van der Waals surface area contributed by atoms with Crippen LogP contribution >= 0.6 is 0 Å². The molecule has 0 radical (unpaired) electrons. The van der Waals surface area contributed by atoms with E-state index >= 15 is 0 Å². The molecule has 0 aliphatic carbocycles. The molecule has 2 heteroatoms. The minimum atomic E-state index is -0.258. The van der Waals surface area contributed by atoms with Crippen molar-refractivity contribution >= 4 is 16.7 Å². The summed E-state index contributed by atoms with van der Waals surface area (Å²) in [4.78, 5) is 11.8. The molecule has 2 N–H and O–H groups in total. The van der Waals surface area contributed by atoms with Gasteiger partial charge in [-0.3, -0.25) is 4.79 Å². The Bertz CT molecular complexity index is 775. The van der Waals surface area contributed by atoms with Crippen molar-refractivity contribution in [2.24, 2.45) is 5.73 Å². The molecule has 22 heavy (non-hydrogen) atoms. The van der Waals surface area contributed by atoms with Crippen LogP contribution < -0.4 is 5.73 Å². The lowest BCUT2D eigenvalue weighted by atomic mass is 9.90. The number of amides is 1. The molecule has 0 spiro atoms. The minimum Gasteiger partial charge on any atom is -0.369 e. The molecule has 3 aromatic carbocycles. The predicted molar refractivity (Wildman–Crippen MR) is 90.6 cm³/mol. The first-order chi connectivity index (χ1) is 10.8. The highest BCUT2D eigenvalue weighted by atomic mass is 16.1. The Balaban J connectivity index is 1.84. The first-order valence-corrected chi connectivity index (χ1v) is 7.56. The summed E-state index contributed by atoms with van der Waals surface area (Å²) in [5.41, 5.74) is 7.87. The summed E-state index contributed by atoms with van der Waals surface area (Å²) in [7, 11) is 0. The Morgan fingerprint density at radius 3 is 2.32 bits per heavy atom. The second-order valence-electron chi connectivity index (χ2n) is 5.54. The van der Waals surface area contributed by atoms with Crippen molar-refractivity contribution in [3.05, 3.63) is 83.9 Å². The normalized spacial score (nSPS) is 12.2. The molecule has 3 rings (SSSR count). The summed E-state index contributed by atoms with van der Waals surface area (Å²) in [6.07, 6.45) is 1.57. The summed E-state index contributed by atoms with van der Waals surface area (Å²) in [6.45, 7) is 0. The minimum absolute atomic E-state index is 0.236. The number of carbonyl (C=O) groups excluding carboxylic acids is 1. The van der Waals surface area contributed by atoms with Crippen LogP contribution in [0.1, 0.15) is 23.5 Å². The van der Waals surface area contributed by atoms with Crippen LogP contribution in [0.5, 0.6) is 0 Å². The van der Waals surface area contributed by atoms with E-state index in [0.717, 1.165) is 18.4 Å². The lowest BCUT2D eigenvalue weighted by Crippen LogP contribution is -2.22. The maximum Gasteiger partial charge on any atom is 0.224 e. The maximum absolute atomic E-state index is 11.8. The van der Waals surface area contributed by atoms with E-state index in [1.54, 1.807) is 0 Å². The molecule has 0 saturated carbocycles. The zero-order valence-electron chi connectivity index (χ0n) is 12.4. The first kappa shape index (κ1) is 14.3. The molecular formula is C20H19NO. The van der Waals surface area contributed by atoms with Crippen LogP contribution in [0.2, 0.25) is 0 Å². The van der Waals surface area contributed by atoms with Crippen LogP contribution in [0, 0.1) is 0 Å². The molecule has 0 aliphatic heterocycles. The van der Waals surface area contributed by atoms with Crippen molar-refractivity contribution < 1.29 is 4.79 Å². The smallest absolute Gasteiger partial charge is 0.224 e. The maximum atomic E-state index is 11.8. The number of aryl methyl sites for hydroxylation is 1. The number of hydrogen-bond acceptors (Lipinski definition) is 1. The van der Waals surface area contributed by atoms with Crippen molar-refractivity contribution in [2.45, 2.75) is 18.8 Å². The van der Waals surface area contributed by atoms with Gasteiger partial charge in [-0.25, -0.2) is 0 Å². The summed E-state index contributed by atoms with van der Waals surface area (Å²) in [5.74, 6) is -0.494. The topological polar surface area (TPSA) is 43.1 Å². The highest BCUT2D eigenvalue weighted by Crippen LogP contribution is 2.25. The summed E-state index contributed by atoms with van der Waals surface area (Å²) in [5, 5.41) is 2.48. The lowest BCUT2D eigenvalue weighted by Gasteiger charge is -2.14. The molecule has 110 valence electrons. The van der Waals surface area contributed by atoms with E-state index in [9.17, 15) is 4.79 Å². The van der Waals surface area contributed by atoms with Crippen LogP contribution in [-0.2, 0) is 11.2 Å². The number of primary amides is 1. The van der Waals surface area contributed by atoms with E-state index in [2.05, 4.69) is 36.4 Å².